The molecule has 0 aliphatic carbocycles. The lowest BCUT2D eigenvalue weighted by Gasteiger charge is -2.26. The highest BCUT2D eigenvalue weighted by atomic mass is 14.3. The summed E-state index contributed by atoms with van der Waals surface area (Å²) in [5, 5.41) is 8.23. The first-order chi connectivity index (χ1) is 12.2. The molecule has 4 aromatic carbocycles. The maximum atomic E-state index is 2.44. The molecule has 26 heavy (non-hydrogen) atoms. The smallest absolute Gasteiger partial charge is 0.00958 e. The lowest BCUT2D eigenvalue weighted by atomic mass is 9.78. The average molecular weight is 341 g/mol. The molecule has 0 saturated heterocycles. The van der Waals surface area contributed by atoms with E-state index in [0.29, 0.717) is 0 Å². The minimum atomic E-state index is 0.109. The Kier molecular flexibility index (Phi) is 3.67. The van der Waals surface area contributed by atoms with Crippen molar-refractivity contribution >= 4 is 32.3 Å². The van der Waals surface area contributed by atoms with Gasteiger partial charge in [0.1, 0.15) is 0 Å². The normalized spacial score (nSPS) is 13.0. The third kappa shape index (κ3) is 2.60. The molecule has 132 valence electrons. The van der Waals surface area contributed by atoms with Crippen LogP contribution in [-0.4, -0.2) is 0 Å². The van der Waals surface area contributed by atoms with Crippen LogP contribution in [0.2, 0.25) is 0 Å². The van der Waals surface area contributed by atoms with Crippen molar-refractivity contribution < 1.29 is 0 Å². The van der Waals surface area contributed by atoms with E-state index in [-0.39, 0.29) is 10.8 Å². The average Bonchev–Trinajstić information content (AvgIpc) is 2.58. The Balaban J connectivity index is 2.31. The highest BCUT2D eigenvalue weighted by Crippen LogP contribution is 2.41. The van der Waals surface area contributed by atoms with Gasteiger partial charge in [-0.1, -0.05) is 90.1 Å². The van der Waals surface area contributed by atoms with E-state index in [1.807, 2.05) is 0 Å². The maximum absolute atomic E-state index is 2.44. The standard InChI is InChI=1S/C26H28/c1-25(2,3)23-15-21-18-12-8-10-14-20(18)24(26(4,5)6)16-22(21)17-11-7-9-13-19(17)23/h7-16H,1-6H3. The molecule has 0 spiro atoms. The Hall–Kier alpha value is -2.34. The summed E-state index contributed by atoms with van der Waals surface area (Å²) >= 11 is 0. The van der Waals surface area contributed by atoms with Crippen LogP contribution < -0.4 is 0 Å². The number of fused-ring (bicyclic) bond motifs is 5. The van der Waals surface area contributed by atoms with Gasteiger partial charge >= 0.3 is 0 Å². The molecule has 4 rings (SSSR count). The van der Waals surface area contributed by atoms with Gasteiger partial charge in [-0.3, -0.25) is 0 Å². The van der Waals surface area contributed by atoms with E-state index in [9.17, 15) is 0 Å². The molecule has 0 amide bonds. The number of hydrogen-bond donors (Lipinski definition) is 0. The third-order valence-electron chi connectivity index (χ3n) is 5.50. The topological polar surface area (TPSA) is 0 Å². The van der Waals surface area contributed by atoms with Crippen molar-refractivity contribution in [1.82, 2.24) is 0 Å². The molecule has 0 aliphatic rings. The second kappa shape index (κ2) is 5.58. The van der Waals surface area contributed by atoms with Crippen LogP contribution in [0, 0.1) is 0 Å². The van der Waals surface area contributed by atoms with Crippen LogP contribution in [0.25, 0.3) is 32.3 Å². The zero-order valence-electron chi connectivity index (χ0n) is 16.8. The zero-order valence-corrected chi connectivity index (χ0v) is 16.8. The molecule has 0 N–H and O–H groups in total. The molecule has 0 atom stereocenters. The zero-order chi connectivity index (χ0) is 18.7. The molecule has 4 aromatic rings. The highest BCUT2D eigenvalue weighted by molar-refractivity contribution is 6.19. The van der Waals surface area contributed by atoms with Gasteiger partial charge in [-0.2, -0.15) is 0 Å². The summed E-state index contributed by atoms with van der Waals surface area (Å²) in [6.07, 6.45) is 0. The Labute approximate surface area is 156 Å². The number of hydrogen-bond acceptors (Lipinski definition) is 0. The predicted octanol–water partition coefficient (Wildman–Crippen LogP) is 7.74. The Bertz CT molecular complexity index is 1040. The van der Waals surface area contributed by atoms with Crippen molar-refractivity contribution in [3.8, 4) is 0 Å². The molecule has 0 saturated carbocycles. The van der Waals surface area contributed by atoms with Crippen molar-refractivity contribution in [2.45, 2.75) is 52.4 Å². The van der Waals surface area contributed by atoms with E-state index in [2.05, 4.69) is 102 Å². The van der Waals surface area contributed by atoms with Gasteiger partial charge in [0.2, 0.25) is 0 Å². The molecular formula is C26H28. The molecule has 0 radical (unpaired) electrons. The summed E-state index contributed by atoms with van der Waals surface area (Å²) in [6.45, 7) is 13.9. The maximum Gasteiger partial charge on any atom is -0.00958 e. The van der Waals surface area contributed by atoms with Gasteiger partial charge in [0.25, 0.3) is 0 Å². The molecule has 0 bridgehead atoms. The fourth-order valence-corrected chi connectivity index (χ4v) is 4.19. The van der Waals surface area contributed by atoms with E-state index < -0.39 is 0 Å². The summed E-state index contributed by atoms with van der Waals surface area (Å²) < 4.78 is 0. The SMILES string of the molecule is CC(C)(C)c1cc2c3ccccc3c(C(C)(C)C)cc2c2ccccc12. The van der Waals surface area contributed by atoms with Crippen LogP contribution in [0.5, 0.6) is 0 Å². The van der Waals surface area contributed by atoms with Crippen LogP contribution in [0.3, 0.4) is 0 Å². The van der Waals surface area contributed by atoms with Gasteiger partial charge in [-0.25, -0.2) is 0 Å². The lowest BCUT2D eigenvalue weighted by molar-refractivity contribution is 0.595. The van der Waals surface area contributed by atoms with E-state index >= 15 is 0 Å². The molecule has 0 aromatic heterocycles. The second-order valence-electron chi connectivity index (χ2n) is 9.53. The predicted molar refractivity (Wildman–Crippen MR) is 116 cm³/mol. The highest BCUT2D eigenvalue weighted by Gasteiger charge is 2.22. The van der Waals surface area contributed by atoms with Gasteiger partial charge < -0.3 is 0 Å². The molecule has 0 heteroatoms. The molecule has 0 heterocycles. The summed E-state index contributed by atoms with van der Waals surface area (Å²) in [7, 11) is 0. The lowest BCUT2D eigenvalue weighted by Crippen LogP contribution is -2.13. The van der Waals surface area contributed by atoms with Crippen LogP contribution >= 0.6 is 0 Å². The van der Waals surface area contributed by atoms with E-state index in [0.717, 1.165) is 0 Å². The molecule has 0 unspecified atom stereocenters. The van der Waals surface area contributed by atoms with Gasteiger partial charge in [0, 0.05) is 0 Å². The number of rotatable bonds is 0. The van der Waals surface area contributed by atoms with E-state index in [1.54, 1.807) is 0 Å². The minimum Gasteiger partial charge on any atom is -0.0616 e. The first-order valence-corrected chi connectivity index (χ1v) is 9.56. The van der Waals surface area contributed by atoms with Crippen molar-refractivity contribution in [3.63, 3.8) is 0 Å². The molecule has 0 aliphatic heterocycles. The van der Waals surface area contributed by atoms with Crippen LogP contribution in [0.1, 0.15) is 52.7 Å². The fraction of sp³-hybridized carbons (Fsp3) is 0.308. The summed E-state index contributed by atoms with van der Waals surface area (Å²) in [5.74, 6) is 0. The van der Waals surface area contributed by atoms with Crippen LogP contribution in [0.4, 0.5) is 0 Å². The van der Waals surface area contributed by atoms with Gasteiger partial charge in [0.15, 0.2) is 0 Å². The van der Waals surface area contributed by atoms with Gasteiger partial charge in [-0.05, 0) is 66.4 Å². The quantitative estimate of drug-likeness (QED) is 0.287. The largest absolute Gasteiger partial charge is 0.0616 e. The first kappa shape index (κ1) is 17.1. The van der Waals surface area contributed by atoms with Crippen LogP contribution in [-0.2, 0) is 10.8 Å². The monoisotopic (exact) mass is 340 g/mol. The minimum absolute atomic E-state index is 0.109. The Morgan fingerprint density at radius 2 is 0.731 bits per heavy atom. The fourth-order valence-electron chi connectivity index (χ4n) is 4.19. The van der Waals surface area contributed by atoms with E-state index in [1.165, 1.54) is 43.4 Å². The van der Waals surface area contributed by atoms with Gasteiger partial charge in [0.05, 0.1) is 0 Å². The van der Waals surface area contributed by atoms with Crippen molar-refractivity contribution in [2.24, 2.45) is 0 Å². The molecule has 0 nitrogen and oxygen atoms in total. The molecular weight excluding hydrogens is 312 g/mol. The van der Waals surface area contributed by atoms with Crippen molar-refractivity contribution in [1.29, 1.82) is 0 Å². The Morgan fingerprint density at radius 1 is 0.423 bits per heavy atom. The second-order valence-corrected chi connectivity index (χ2v) is 9.53. The Morgan fingerprint density at radius 3 is 1.04 bits per heavy atom. The summed E-state index contributed by atoms with van der Waals surface area (Å²) in [6, 6.07) is 22.7. The van der Waals surface area contributed by atoms with E-state index in [4.69, 9.17) is 0 Å². The van der Waals surface area contributed by atoms with Crippen molar-refractivity contribution in [3.05, 3.63) is 71.8 Å². The van der Waals surface area contributed by atoms with Crippen molar-refractivity contribution in [2.75, 3.05) is 0 Å². The summed E-state index contributed by atoms with van der Waals surface area (Å²) in [5.41, 5.74) is 3.07. The summed E-state index contributed by atoms with van der Waals surface area (Å²) in [4.78, 5) is 0. The van der Waals surface area contributed by atoms with Gasteiger partial charge in [-0.15, -0.1) is 0 Å². The first-order valence-electron chi connectivity index (χ1n) is 9.56. The number of benzene rings is 4. The molecule has 0 fully saturated rings. The third-order valence-corrected chi connectivity index (χ3v) is 5.50. The van der Waals surface area contributed by atoms with Crippen LogP contribution in [0.15, 0.2) is 60.7 Å².